The van der Waals surface area contributed by atoms with Gasteiger partial charge in [0.05, 0.1) is 5.56 Å². The molecule has 0 N–H and O–H groups in total. The van der Waals surface area contributed by atoms with E-state index in [1.807, 2.05) is 0 Å². The van der Waals surface area contributed by atoms with Gasteiger partial charge in [-0.2, -0.15) is 13.2 Å². The Bertz CT molecular complexity index is 625. The highest BCUT2D eigenvalue weighted by Crippen LogP contribution is 2.30. The number of rotatable bonds is 7. The lowest BCUT2D eigenvalue weighted by molar-refractivity contribution is -0.137. The van der Waals surface area contributed by atoms with Crippen molar-refractivity contribution in [2.75, 3.05) is 20.8 Å². The molecule has 130 valence electrons. The van der Waals surface area contributed by atoms with Crippen LogP contribution in [0, 0.1) is 0 Å². The van der Waals surface area contributed by atoms with E-state index in [2.05, 4.69) is 4.98 Å². The molecule has 1 heterocycles. The summed E-state index contributed by atoms with van der Waals surface area (Å²) in [6, 6.07) is 8.61. The maximum absolute atomic E-state index is 12.5. The standard InChI is InChI=1S/C16H16F3NO4/c1-21-15(22-2)10-23-12-4-6-13(7-5-12)24-14-8-3-11(9-20-14)16(17,18)19/h3-9,15H,10H2,1-2H3. The molecule has 0 fully saturated rings. The van der Waals surface area contributed by atoms with Gasteiger partial charge in [0, 0.05) is 26.5 Å². The number of benzene rings is 1. The van der Waals surface area contributed by atoms with Gasteiger partial charge in [-0.25, -0.2) is 4.98 Å². The van der Waals surface area contributed by atoms with Crippen molar-refractivity contribution in [1.29, 1.82) is 0 Å². The monoisotopic (exact) mass is 343 g/mol. The Morgan fingerprint density at radius 2 is 1.58 bits per heavy atom. The fraction of sp³-hybridized carbons (Fsp3) is 0.312. The van der Waals surface area contributed by atoms with Crippen molar-refractivity contribution in [1.82, 2.24) is 4.98 Å². The van der Waals surface area contributed by atoms with Crippen molar-refractivity contribution in [3.05, 3.63) is 48.2 Å². The molecule has 0 radical (unpaired) electrons. The van der Waals surface area contributed by atoms with Crippen LogP contribution in [0.25, 0.3) is 0 Å². The molecule has 2 rings (SSSR count). The fourth-order valence-corrected chi connectivity index (χ4v) is 1.73. The Labute approximate surface area is 136 Å². The number of hydrogen-bond donors (Lipinski definition) is 0. The van der Waals surface area contributed by atoms with Crippen LogP contribution in [-0.4, -0.2) is 32.1 Å². The van der Waals surface area contributed by atoms with E-state index in [4.69, 9.17) is 18.9 Å². The summed E-state index contributed by atoms with van der Waals surface area (Å²) in [5, 5.41) is 0. The molecule has 0 unspecified atom stereocenters. The fourth-order valence-electron chi connectivity index (χ4n) is 1.73. The highest BCUT2D eigenvalue weighted by molar-refractivity contribution is 5.34. The van der Waals surface area contributed by atoms with E-state index >= 15 is 0 Å². The molecule has 8 heteroatoms. The third-order valence-electron chi connectivity index (χ3n) is 3.02. The quantitative estimate of drug-likeness (QED) is 0.714. The van der Waals surface area contributed by atoms with E-state index in [0.717, 1.165) is 18.3 Å². The van der Waals surface area contributed by atoms with Crippen LogP contribution in [0.2, 0.25) is 0 Å². The van der Waals surface area contributed by atoms with Crippen LogP contribution in [0.4, 0.5) is 13.2 Å². The van der Waals surface area contributed by atoms with Gasteiger partial charge in [-0.15, -0.1) is 0 Å². The molecule has 0 aliphatic rings. The first-order valence-electron chi connectivity index (χ1n) is 6.92. The Kier molecular flexibility index (Phi) is 5.99. The molecule has 0 bridgehead atoms. The molecule has 24 heavy (non-hydrogen) atoms. The van der Waals surface area contributed by atoms with E-state index in [-0.39, 0.29) is 12.5 Å². The number of nitrogens with zero attached hydrogens (tertiary/aromatic N) is 1. The molecule has 1 aromatic carbocycles. The van der Waals surface area contributed by atoms with E-state index < -0.39 is 18.0 Å². The highest BCUT2D eigenvalue weighted by atomic mass is 19.4. The van der Waals surface area contributed by atoms with Gasteiger partial charge in [0.2, 0.25) is 5.88 Å². The summed E-state index contributed by atoms with van der Waals surface area (Å²) < 4.78 is 58.2. The van der Waals surface area contributed by atoms with Gasteiger partial charge in [-0.05, 0) is 30.3 Å². The molecule has 0 atom stereocenters. The van der Waals surface area contributed by atoms with Gasteiger partial charge >= 0.3 is 6.18 Å². The molecule has 5 nitrogen and oxygen atoms in total. The second kappa shape index (κ2) is 7.98. The van der Waals surface area contributed by atoms with Crippen LogP contribution in [-0.2, 0) is 15.7 Å². The predicted molar refractivity (Wildman–Crippen MR) is 79.1 cm³/mol. The number of hydrogen-bond acceptors (Lipinski definition) is 5. The van der Waals surface area contributed by atoms with Crippen molar-refractivity contribution in [3.63, 3.8) is 0 Å². The number of methoxy groups -OCH3 is 2. The normalized spacial score (nSPS) is 11.6. The molecule has 0 aliphatic heterocycles. The van der Waals surface area contributed by atoms with E-state index in [1.165, 1.54) is 14.2 Å². The molecular formula is C16H16F3NO4. The summed E-state index contributed by atoms with van der Waals surface area (Å²) >= 11 is 0. The van der Waals surface area contributed by atoms with Gasteiger partial charge in [0.25, 0.3) is 0 Å². The zero-order chi connectivity index (χ0) is 17.6. The second-order valence-electron chi connectivity index (χ2n) is 4.67. The smallest absolute Gasteiger partial charge is 0.417 e. The van der Waals surface area contributed by atoms with E-state index in [9.17, 15) is 13.2 Å². The molecule has 0 saturated heterocycles. The van der Waals surface area contributed by atoms with Crippen LogP contribution in [0.1, 0.15) is 5.56 Å². The maximum atomic E-state index is 12.5. The molecule has 2 aromatic rings. The summed E-state index contributed by atoms with van der Waals surface area (Å²) in [5.74, 6) is 1.06. The van der Waals surface area contributed by atoms with Crippen molar-refractivity contribution >= 4 is 0 Å². The minimum Gasteiger partial charge on any atom is -0.488 e. The first-order valence-corrected chi connectivity index (χ1v) is 6.92. The van der Waals surface area contributed by atoms with Crippen molar-refractivity contribution in [2.45, 2.75) is 12.5 Å². The second-order valence-corrected chi connectivity index (χ2v) is 4.67. The minimum atomic E-state index is -4.42. The Hall–Kier alpha value is -2.32. The minimum absolute atomic E-state index is 0.0653. The van der Waals surface area contributed by atoms with E-state index in [0.29, 0.717) is 11.5 Å². The van der Waals surface area contributed by atoms with Crippen LogP contribution in [0.5, 0.6) is 17.4 Å². The lowest BCUT2D eigenvalue weighted by Crippen LogP contribution is -2.21. The van der Waals surface area contributed by atoms with Crippen molar-refractivity contribution < 1.29 is 32.1 Å². The molecule has 0 aliphatic carbocycles. The third-order valence-corrected chi connectivity index (χ3v) is 3.02. The van der Waals surface area contributed by atoms with Gasteiger partial charge in [-0.3, -0.25) is 0 Å². The largest absolute Gasteiger partial charge is 0.488 e. The summed E-state index contributed by atoms with van der Waals surface area (Å²) in [4.78, 5) is 3.64. The van der Waals surface area contributed by atoms with Gasteiger partial charge in [0.1, 0.15) is 18.1 Å². The van der Waals surface area contributed by atoms with Crippen LogP contribution < -0.4 is 9.47 Å². The number of aromatic nitrogens is 1. The third kappa shape index (κ3) is 5.10. The number of halogens is 3. The van der Waals surface area contributed by atoms with Gasteiger partial charge in [0.15, 0.2) is 6.29 Å². The Morgan fingerprint density at radius 3 is 2.08 bits per heavy atom. The molecule has 0 amide bonds. The van der Waals surface area contributed by atoms with Gasteiger partial charge in [-0.1, -0.05) is 0 Å². The first-order chi connectivity index (χ1) is 11.4. The summed E-state index contributed by atoms with van der Waals surface area (Å²) in [5.41, 5.74) is -0.829. The van der Waals surface area contributed by atoms with Crippen LogP contribution >= 0.6 is 0 Å². The number of alkyl halides is 3. The zero-order valence-corrected chi connectivity index (χ0v) is 13.0. The topological polar surface area (TPSA) is 49.8 Å². The lowest BCUT2D eigenvalue weighted by atomic mass is 10.3. The molecule has 0 spiro atoms. The van der Waals surface area contributed by atoms with Crippen molar-refractivity contribution in [2.24, 2.45) is 0 Å². The Balaban J connectivity index is 1.94. The summed E-state index contributed by atoms with van der Waals surface area (Å²) in [6.45, 7) is 0.216. The highest BCUT2D eigenvalue weighted by Gasteiger charge is 2.30. The summed E-state index contributed by atoms with van der Waals surface area (Å²) in [6.07, 6.45) is -4.17. The lowest BCUT2D eigenvalue weighted by Gasteiger charge is -2.14. The SMILES string of the molecule is COC(COc1ccc(Oc2ccc(C(F)(F)F)cn2)cc1)OC. The number of ether oxygens (including phenoxy) is 4. The Morgan fingerprint density at radius 1 is 0.958 bits per heavy atom. The number of pyridine rings is 1. The van der Waals surface area contributed by atoms with Crippen LogP contribution in [0.15, 0.2) is 42.6 Å². The summed E-state index contributed by atoms with van der Waals surface area (Å²) in [7, 11) is 3.01. The average molecular weight is 343 g/mol. The maximum Gasteiger partial charge on any atom is 0.417 e. The predicted octanol–water partition coefficient (Wildman–Crippen LogP) is 3.89. The molecular weight excluding hydrogens is 327 g/mol. The molecule has 1 aromatic heterocycles. The van der Waals surface area contributed by atoms with Crippen LogP contribution in [0.3, 0.4) is 0 Å². The average Bonchev–Trinajstić information content (AvgIpc) is 2.57. The van der Waals surface area contributed by atoms with Gasteiger partial charge < -0.3 is 18.9 Å². The molecule has 0 saturated carbocycles. The zero-order valence-electron chi connectivity index (χ0n) is 13.0. The van der Waals surface area contributed by atoms with Crippen molar-refractivity contribution in [3.8, 4) is 17.4 Å². The van der Waals surface area contributed by atoms with E-state index in [1.54, 1.807) is 24.3 Å². The first kappa shape index (κ1) is 18.0.